The molecule has 0 radical (unpaired) electrons. The number of aliphatic imine (C=N–C) groups is 1. The molecule has 2 aliphatic rings. The molecule has 3 rings (SSSR count). The number of hydrogen-bond donors (Lipinski definition) is 0. The Hall–Kier alpha value is -2.63. The Bertz CT molecular complexity index is 745. The van der Waals surface area contributed by atoms with Crippen molar-refractivity contribution in [2.75, 3.05) is 6.61 Å². The summed E-state index contributed by atoms with van der Waals surface area (Å²) in [5, 5.41) is 10.7. The topological polar surface area (TPSA) is 74.0 Å². The molecule has 0 aromatic heterocycles. The Kier molecular flexibility index (Phi) is 3.67. The number of allylic oxidation sites excluding steroid dienone is 3. The van der Waals surface area contributed by atoms with Gasteiger partial charge in [0.2, 0.25) is 0 Å². The zero-order valence-corrected chi connectivity index (χ0v) is 13.2. The molecule has 0 unspecified atom stereocenters. The third-order valence-electron chi connectivity index (χ3n) is 4.28. The first-order chi connectivity index (χ1) is 11.0. The summed E-state index contributed by atoms with van der Waals surface area (Å²) in [6, 6.07) is 3.90. The number of rotatable bonds is 5. The molecule has 6 heteroatoms. The Morgan fingerprint density at radius 2 is 2.22 bits per heavy atom. The lowest BCUT2D eigenvalue weighted by molar-refractivity contribution is -0.425. The van der Waals surface area contributed by atoms with Gasteiger partial charge in [0.15, 0.2) is 0 Å². The minimum atomic E-state index is -0.590. The van der Waals surface area contributed by atoms with Gasteiger partial charge >= 0.3 is 5.82 Å². The third kappa shape index (κ3) is 2.72. The minimum Gasteiger partial charge on any atom is -0.492 e. The number of nitro groups is 1. The normalized spacial score (nSPS) is 18.3. The van der Waals surface area contributed by atoms with Gasteiger partial charge in [0.25, 0.3) is 0 Å². The number of benzene rings is 1. The number of aryl methyl sites for hydroxylation is 1. The van der Waals surface area contributed by atoms with E-state index in [1.165, 1.54) is 12.2 Å². The van der Waals surface area contributed by atoms with Gasteiger partial charge in [0, 0.05) is 17.1 Å². The predicted molar refractivity (Wildman–Crippen MR) is 86.6 cm³/mol. The molecule has 1 fully saturated rings. The van der Waals surface area contributed by atoms with Crippen LogP contribution in [0.25, 0.3) is 0 Å². The molecule has 0 bridgehead atoms. The zero-order valence-electron chi connectivity index (χ0n) is 13.2. The van der Waals surface area contributed by atoms with Crippen LogP contribution in [0.5, 0.6) is 11.5 Å². The number of hydrogen-bond acceptors (Lipinski definition) is 5. The van der Waals surface area contributed by atoms with E-state index in [1.54, 1.807) is 6.92 Å². The molecule has 1 heterocycles. The van der Waals surface area contributed by atoms with E-state index < -0.39 is 4.92 Å². The van der Waals surface area contributed by atoms with E-state index in [0.717, 1.165) is 35.5 Å². The fourth-order valence-electron chi connectivity index (χ4n) is 2.84. The van der Waals surface area contributed by atoms with Crippen LogP contribution in [0.2, 0.25) is 0 Å². The summed E-state index contributed by atoms with van der Waals surface area (Å²) in [5.74, 6) is 1.91. The van der Waals surface area contributed by atoms with E-state index in [-0.39, 0.29) is 11.2 Å². The molecule has 120 valence electrons. The summed E-state index contributed by atoms with van der Waals surface area (Å²) in [4.78, 5) is 13.5. The fraction of sp³-hybridized carbons (Fsp3) is 0.353. The molecule has 0 atom stereocenters. The maximum absolute atomic E-state index is 10.7. The molecular formula is C17H18N2O4. The van der Waals surface area contributed by atoms with Crippen LogP contribution in [0.15, 0.2) is 40.9 Å². The van der Waals surface area contributed by atoms with Crippen molar-refractivity contribution in [2.45, 2.75) is 32.1 Å². The van der Waals surface area contributed by atoms with Gasteiger partial charge in [-0.15, -0.1) is 0 Å². The maximum Gasteiger partial charge on any atom is 0.362 e. The monoisotopic (exact) mass is 314 g/mol. The van der Waals surface area contributed by atoms with Crippen LogP contribution in [0.4, 0.5) is 0 Å². The van der Waals surface area contributed by atoms with Crippen LogP contribution in [0.1, 0.15) is 30.9 Å². The van der Waals surface area contributed by atoms with E-state index in [9.17, 15) is 10.1 Å². The average Bonchev–Trinajstić information content (AvgIpc) is 3.17. The van der Waals surface area contributed by atoms with Gasteiger partial charge in [0.05, 0.1) is 6.61 Å². The van der Waals surface area contributed by atoms with Crippen molar-refractivity contribution < 1.29 is 14.4 Å². The summed E-state index contributed by atoms with van der Waals surface area (Å²) >= 11 is 0. The molecule has 6 nitrogen and oxygen atoms in total. The van der Waals surface area contributed by atoms with Crippen LogP contribution in [-0.4, -0.2) is 18.2 Å². The van der Waals surface area contributed by atoms with Gasteiger partial charge < -0.3 is 19.6 Å². The number of ether oxygens (including phenoxy) is 2. The summed E-state index contributed by atoms with van der Waals surface area (Å²) in [5.41, 5.74) is 2.33. The van der Waals surface area contributed by atoms with Crippen molar-refractivity contribution in [3.63, 3.8) is 0 Å². The van der Waals surface area contributed by atoms with Crippen LogP contribution in [-0.2, 0) is 5.41 Å². The molecule has 1 aromatic carbocycles. The van der Waals surface area contributed by atoms with Gasteiger partial charge in [0.1, 0.15) is 24.0 Å². The molecule has 0 N–H and O–H groups in total. The third-order valence-corrected chi connectivity index (χ3v) is 4.28. The smallest absolute Gasteiger partial charge is 0.362 e. The Morgan fingerprint density at radius 3 is 2.83 bits per heavy atom. The van der Waals surface area contributed by atoms with Crippen molar-refractivity contribution in [3.8, 4) is 11.5 Å². The lowest BCUT2D eigenvalue weighted by Crippen LogP contribution is -2.09. The van der Waals surface area contributed by atoms with Crippen LogP contribution < -0.4 is 9.47 Å². The highest BCUT2D eigenvalue weighted by Crippen LogP contribution is 2.59. The average molecular weight is 314 g/mol. The number of nitrogens with zero attached hydrogens (tertiary/aromatic N) is 2. The first-order valence-corrected chi connectivity index (χ1v) is 7.41. The highest BCUT2D eigenvalue weighted by atomic mass is 16.6. The van der Waals surface area contributed by atoms with Crippen molar-refractivity contribution in [1.29, 1.82) is 0 Å². The Balaban J connectivity index is 1.89. The van der Waals surface area contributed by atoms with Crippen molar-refractivity contribution >= 4 is 6.72 Å². The molecule has 1 aromatic rings. The molecular weight excluding hydrogens is 296 g/mol. The lowest BCUT2D eigenvalue weighted by atomic mass is 9.95. The molecule has 0 saturated heterocycles. The van der Waals surface area contributed by atoms with Crippen molar-refractivity contribution in [1.82, 2.24) is 0 Å². The van der Waals surface area contributed by atoms with E-state index in [0.29, 0.717) is 12.4 Å². The summed E-state index contributed by atoms with van der Waals surface area (Å²) in [7, 11) is 0. The van der Waals surface area contributed by atoms with Gasteiger partial charge in [-0.05, 0) is 49.3 Å². The maximum atomic E-state index is 10.7. The lowest BCUT2D eigenvalue weighted by Gasteiger charge is -2.14. The SMILES string of the molecule is C=N/C(=C\C=C(/C)Oc1ccc(C)c2c1C1(CC1)CO2)[N+](=O)[O-]. The number of fused-ring (bicyclic) bond motifs is 2. The molecule has 1 spiro atoms. The van der Waals surface area contributed by atoms with Crippen LogP contribution >= 0.6 is 0 Å². The van der Waals surface area contributed by atoms with Crippen LogP contribution in [0, 0.1) is 17.0 Å². The summed E-state index contributed by atoms with van der Waals surface area (Å²) < 4.78 is 11.8. The second-order valence-electron chi connectivity index (χ2n) is 5.97. The molecule has 1 saturated carbocycles. The van der Waals surface area contributed by atoms with Gasteiger partial charge in [-0.25, -0.2) is 0 Å². The van der Waals surface area contributed by atoms with Crippen molar-refractivity contribution in [2.24, 2.45) is 4.99 Å². The van der Waals surface area contributed by atoms with Gasteiger partial charge in [-0.2, -0.15) is 0 Å². The van der Waals surface area contributed by atoms with Gasteiger partial charge in [-0.1, -0.05) is 11.1 Å². The standard InChI is InChI=1S/C17H18N2O4/c1-11-4-6-13(15-16(11)22-10-17(15)8-9-17)23-12(2)5-7-14(18-3)19(20)21/h4-7H,3,8-10H2,1-2H3/b12-5+,14-7+. The second-order valence-corrected chi connectivity index (χ2v) is 5.97. The second kappa shape index (κ2) is 5.53. The molecule has 1 aliphatic carbocycles. The quantitative estimate of drug-likeness (QED) is 0.274. The van der Waals surface area contributed by atoms with Crippen LogP contribution in [0.3, 0.4) is 0 Å². The largest absolute Gasteiger partial charge is 0.492 e. The minimum absolute atomic E-state index is 0.0987. The fourth-order valence-corrected chi connectivity index (χ4v) is 2.84. The summed E-state index contributed by atoms with van der Waals surface area (Å²) in [6.45, 7) is 7.66. The first-order valence-electron chi connectivity index (χ1n) is 7.41. The predicted octanol–water partition coefficient (Wildman–Crippen LogP) is 3.52. The molecule has 23 heavy (non-hydrogen) atoms. The van der Waals surface area contributed by atoms with Crippen molar-refractivity contribution in [3.05, 3.63) is 57.1 Å². The molecule has 0 amide bonds. The zero-order chi connectivity index (χ0) is 16.6. The Morgan fingerprint density at radius 1 is 1.48 bits per heavy atom. The highest BCUT2D eigenvalue weighted by Gasteiger charge is 2.53. The van der Waals surface area contributed by atoms with E-state index in [4.69, 9.17) is 9.47 Å². The molecule has 1 aliphatic heterocycles. The summed E-state index contributed by atoms with van der Waals surface area (Å²) in [6.07, 6.45) is 5.01. The first kappa shape index (κ1) is 15.3. The van der Waals surface area contributed by atoms with E-state index in [1.807, 2.05) is 19.1 Å². The van der Waals surface area contributed by atoms with E-state index >= 15 is 0 Å². The van der Waals surface area contributed by atoms with Gasteiger partial charge in [-0.3, -0.25) is 0 Å². The highest BCUT2D eigenvalue weighted by molar-refractivity contribution is 5.59. The van der Waals surface area contributed by atoms with E-state index in [2.05, 4.69) is 11.7 Å². The Labute approximate surface area is 134 Å².